The second-order valence-electron chi connectivity index (χ2n) is 11.8. The van der Waals surface area contributed by atoms with Gasteiger partial charge in [0.15, 0.2) is 17.8 Å². The third-order valence-corrected chi connectivity index (χ3v) is 7.37. The minimum absolute atomic E-state index is 0.0765. The summed E-state index contributed by atoms with van der Waals surface area (Å²) in [6, 6.07) is 8.95. The Kier molecular flexibility index (Phi) is 11.1. The highest BCUT2D eigenvalue weighted by Gasteiger charge is 2.53. The molecule has 0 spiro atoms. The largest absolute Gasteiger partial charge is 0.463 e. The molecule has 19 heteroatoms. The average Bonchev–Trinajstić information content (AvgIpc) is 3.50. The minimum atomic E-state index is -4.97. The predicted molar refractivity (Wildman–Crippen MR) is 161 cm³/mol. The van der Waals surface area contributed by atoms with Crippen LogP contribution in [0.25, 0.3) is 5.69 Å². The van der Waals surface area contributed by atoms with Crippen LogP contribution in [0.3, 0.4) is 0 Å². The van der Waals surface area contributed by atoms with Gasteiger partial charge < -0.3 is 33.2 Å². The molecule has 2 N–H and O–H groups in total. The summed E-state index contributed by atoms with van der Waals surface area (Å²) in [5.41, 5.74) is 3.18. The normalized spacial score (nSPS) is 24.2. The van der Waals surface area contributed by atoms with Crippen LogP contribution < -0.4 is 10.9 Å². The lowest BCUT2D eigenvalue weighted by atomic mass is 9.91. The number of esters is 1. The van der Waals surface area contributed by atoms with E-state index in [0.29, 0.717) is 5.56 Å². The maximum absolute atomic E-state index is 14.2. The van der Waals surface area contributed by atoms with Crippen LogP contribution in [0.2, 0.25) is 5.02 Å². The molecule has 2 aliphatic heterocycles. The number of carbonyl (C=O) groups is 2. The molecule has 0 saturated carbocycles. The molecule has 4 heterocycles. The zero-order valence-corrected chi connectivity index (χ0v) is 27.7. The number of methoxy groups -OCH3 is 2. The van der Waals surface area contributed by atoms with E-state index in [1.165, 1.54) is 7.11 Å². The van der Waals surface area contributed by atoms with Crippen LogP contribution in [0.1, 0.15) is 60.9 Å². The molecule has 4 unspecified atom stereocenters. The molecule has 6 atom stereocenters. The number of halogens is 4. The zero-order chi connectivity index (χ0) is 35.5. The number of pyridine rings is 1. The Labute approximate surface area is 283 Å². The summed E-state index contributed by atoms with van der Waals surface area (Å²) in [5, 5.41) is 3.88. The van der Waals surface area contributed by atoms with Crippen molar-refractivity contribution in [2.45, 2.75) is 69.3 Å². The number of benzene rings is 1. The second kappa shape index (κ2) is 14.9. The third-order valence-electron chi connectivity index (χ3n) is 7.16. The Morgan fingerprint density at radius 1 is 1.12 bits per heavy atom. The van der Waals surface area contributed by atoms with Crippen LogP contribution in [0.15, 0.2) is 42.6 Å². The number of hydrogen-bond donors (Lipinski definition) is 2. The van der Waals surface area contributed by atoms with Gasteiger partial charge in [0.1, 0.15) is 36.8 Å². The molecule has 3 aromatic rings. The molecular weight excluding hydrogens is 681 g/mol. The van der Waals surface area contributed by atoms with Gasteiger partial charge in [0.05, 0.1) is 30.5 Å². The molecule has 0 aliphatic carbocycles. The summed E-state index contributed by atoms with van der Waals surface area (Å²) in [5.74, 6) is -1.98. The van der Waals surface area contributed by atoms with E-state index in [2.05, 4.69) is 25.9 Å². The van der Waals surface area contributed by atoms with Gasteiger partial charge in [-0.2, -0.15) is 13.2 Å². The summed E-state index contributed by atoms with van der Waals surface area (Å²) in [4.78, 5) is 33.1. The second-order valence-corrected chi connectivity index (χ2v) is 12.3. The lowest BCUT2D eigenvalue weighted by molar-refractivity contribution is -0.320. The molecule has 0 bridgehead atoms. The summed E-state index contributed by atoms with van der Waals surface area (Å²) >= 11 is 6.09. The smallest absolute Gasteiger partial charge is 0.435 e. The van der Waals surface area contributed by atoms with Crippen LogP contribution in [-0.4, -0.2) is 89.4 Å². The fourth-order valence-electron chi connectivity index (χ4n) is 5.23. The highest BCUT2D eigenvalue weighted by atomic mass is 35.5. The van der Waals surface area contributed by atoms with E-state index < -0.39 is 77.8 Å². The van der Waals surface area contributed by atoms with Crippen molar-refractivity contribution in [3.05, 3.63) is 70.5 Å². The maximum atomic E-state index is 14.2. The molecule has 1 amide bonds. The fraction of sp³-hybridized carbons (Fsp3) is 0.500. The number of hydrazine groups is 1. The number of nitrogens with zero attached hydrogens (tertiary/aromatic N) is 4. The van der Waals surface area contributed by atoms with Crippen molar-refractivity contribution in [2.75, 3.05) is 27.6 Å². The van der Waals surface area contributed by atoms with Crippen LogP contribution in [0.4, 0.5) is 18.0 Å². The molecule has 266 valence electrons. The molecule has 0 radical (unpaired) electrons. The van der Waals surface area contributed by atoms with Crippen LogP contribution in [0, 0.1) is 0 Å². The van der Waals surface area contributed by atoms with Gasteiger partial charge in [-0.3, -0.25) is 5.43 Å². The highest BCUT2D eigenvalue weighted by Crippen LogP contribution is 2.41. The van der Waals surface area contributed by atoms with Crippen molar-refractivity contribution < 1.29 is 55.9 Å². The molecule has 1 aromatic carbocycles. The summed E-state index contributed by atoms with van der Waals surface area (Å²) in [6.45, 7) is 4.60. The molecule has 5 rings (SSSR count). The Balaban J connectivity index is 1.62. The van der Waals surface area contributed by atoms with E-state index in [1.54, 1.807) is 45.0 Å². The van der Waals surface area contributed by atoms with Gasteiger partial charge >= 0.3 is 18.2 Å². The van der Waals surface area contributed by atoms with E-state index in [1.807, 2.05) is 6.07 Å². The lowest BCUT2D eigenvalue weighted by Crippen LogP contribution is -2.67. The number of rotatable bonds is 9. The van der Waals surface area contributed by atoms with Crippen LogP contribution >= 0.6 is 11.6 Å². The number of aromatic nitrogens is 4. The Morgan fingerprint density at radius 2 is 1.86 bits per heavy atom. The van der Waals surface area contributed by atoms with Crippen LogP contribution in [0.5, 0.6) is 0 Å². The maximum Gasteiger partial charge on any atom is 0.435 e. The van der Waals surface area contributed by atoms with Gasteiger partial charge in [0.25, 0.3) is 5.82 Å². The summed E-state index contributed by atoms with van der Waals surface area (Å²) < 4.78 is 83.6. The van der Waals surface area contributed by atoms with Gasteiger partial charge in [0, 0.05) is 18.9 Å². The van der Waals surface area contributed by atoms with Gasteiger partial charge in [0.2, 0.25) is 0 Å². The fourth-order valence-corrected chi connectivity index (χ4v) is 5.38. The van der Waals surface area contributed by atoms with Crippen molar-refractivity contribution in [2.24, 2.45) is 0 Å². The minimum Gasteiger partial charge on any atom is -0.463 e. The first-order chi connectivity index (χ1) is 23.2. The summed E-state index contributed by atoms with van der Waals surface area (Å²) in [7, 11) is 2.41. The van der Waals surface area contributed by atoms with Gasteiger partial charge in [-0.15, -0.1) is 5.10 Å². The molecule has 49 heavy (non-hydrogen) atoms. The standard InChI is InChI=1S/C30H34ClF3N6O9/c1-29(2,3)49-28(42)38-37-19-20-18(13-45-27(48-20)15-9-7-6-8-10-15)47-22(21(19)46-14-43-4)25-36-24(26(41)44-5)39-40(25)17-11-16(31)12-35-23(17)30(32,33)34/h6-12,18-22,27,37H,13-14H2,1-5H3,(H,38,42)/t18?,19?,20-,21?,22+,27?/m0/s1. The van der Waals surface area contributed by atoms with E-state index in [4.69, 9.17) is 44.8 Å². The van der Waals surface area contributed by atoms with Crippen molar-refractivity contribution in [1.82, 2.24) is 30.6 Å². The Morgan fingerprint density at radius 3 is 2.51 bits per heavy atom. The average molecular weight is 715 g/mol. The number of ether oxygens (including phenoxy) is 7. The first kappa shape index (κ1) is 36.4. The van der Waals surface area contributed by atoms with E-state index >= 15 is 0 Å². The molecule has 15 nitrogen and oxygen atoms in total. The predicted octanol–water partition coefficient (Wildman–Crippen LogP) is 4.06. The van der Waals surface area contributed by atoms with Crippen molar-refractivity contribution in [1.29, 1.82) is 0 Å². The number of carbonyl (C=O) groups excluding carboxylic acids is 2. The quantitative estimate of drug-likeness (QED) is 0.185. The molecular formula is C30H34ClF3N6O9. The van der Waals surface area contributed by atoms with Crippen LogP contribution in [-0.2, 0) is 39.3 Å². The molecule has 2 aliphatic rings. The third kappa shape index (κ3) is 8.46. The monoisotopic (exact) mass is 714 g/mol. The van der Waals surface area contributed by atoms with E-state index in [0.717, 1.165) is 24.1 Å². The number of hydrogen-bond acceptors (Lipinski definition) is 13. The van der Waals surface area contributed by atoms with Crippen molar-refractivity contribution in [3.8, 4) is 5.69 Å². The Bertz CT molecular complexity index is 1620. The van der Waals surface area contributed by atoms with Gasteiger partial charge in [-0.05, 0) is 26.8 Å². The number of nitrogens with one attached hydrogen (secondary N) is 2. The SMILES string of the molecule is COCOC1C(NNC(=O)OC(C)(C)C)[C@H]2OC(c3ccccc3)OCC2O[C@H]1c1nc(C(=O)OC)nn1-c1cc(Cl)cnc1C(F)(F)F. The van der Waals surface area contributed by atoms with Gasteiger partial charge in [-0.25, -0.2) is 29.7 Å². The molecule has 2 fully saturated rings. The number of fused-ring (bicyclic) bond motifs is 1. The topological polar surface area (TPSA) is 166 Å². The van der Waals surface area contributed by atoms with Crippen molar-refractivity contribution >= 4 is 23.7 Å². The lowest BCUT2D eigenvalue weighted by Gasteiger charge is -2.49. The number of alkyl halides is 3. The Hall–Kier alpha value is -3.91. The first-order valence-electron chi connectivity index (χ1n) is 14.8. The van der Waals surface area contributed by atoms with E-state index in [9.17, 15) is 22.8 Å². The molecule has 2 aromatic heterocycles. The number of amides is 1. The van der Waals surface area contributed by atoms with E-state index in [-0.39, 0.29) is 24.2 Å². The first-order valence-corrected chi connectivity index (χ1v) is 15.2. The highest BCUT2D eigenvalue weighted by molar-refractivity contribution is 6.30. The molecule has 2 saturated heterocycles. The zero-order valence-electron chi connectivity index (χ0n) is 26.9. The van der Waals surface area contributed by atoms with Crippen molar-refractivity contribution in [3.63, 3.8) is 0 Å². The van der Waals surface area contributed by atoms with Gasteiger partial charge in [-0.1, -0.05) is 41.9 Å². The summed E-state index contributed by atoms with van der Waals surface area (Å²) in [6.07, 6.45) is -10.4.